The Bertz CT molecular complexity index is 113. The maximum absolute atomic E-state index is 9.54. The number of hydrogen-bond donors (Lipinski definition) is 0. The highest BCUT2D eigenvalue weighted by molar-refractivity contribution is 5.44. The quantitative estimate of drug-likeness (QED) is 0.493. The van der Waals surface area contributed by atoms with Crippen molar-refractivity contribution in [2.75, 3.05) is 0 Å². The van der Waals surface area contributed by atoms with Gasteiger partial charge >= 0.3 is 6.47 Å². The first-order valence-corrected chi connectivity index (χ1v) is 2.42. The highest BCUT2D eigenvalue weighted by Crippen LogP contribution is 2.69. The molecule has 0 aromatic carbocycles. The van der Waals surface area contributed by atoms with Gasteiger partial charge in [0.2, 0.25) is 0 Å². The van der Waals surface area contributed by atoms with E-state index in [2.05, 4.69) is 4.74 Å². The molecule has 1 radical (unpaired) electrons. The van der Waals surface area contributed by atoms with Crippen molar-refractivity contribution >= 4 is 6.47 Å². The van der Waals surface area contributed by atoms with Crippen molar-refractivity contribution in [3.05, 3.63) is 0 Å². The van der Waals surface area contributed by atoms with E-state index >= 15 is 0 Å². The highest BCUT2D eigenvalue weighted by Gasteiger charge is 2.73. The minimum absolute atomic E-state index is 0.0434. The van der Waals surface area contributed by atoms with Gasteiger partial charge in [0.15, 0.2) is 0 Å². The normalized spacial score (nSPS) is 52.3. The molecule has 0 unspecified atom stereocenters. The second kappa shape index (κ2) is 0.703. The zero-order valence-corrected chi connectivity index (χ0v) is 3.81. The van der Waals surface area contributed by atoms with Crippen LogP contribution in [0.25, 0.3) is 0 Å². The van der Waals surface area contributed by atoms with Crippen LogP contribution in [0.5, 0.6) is 0 Å². The van der Waals surface area contributed by atoms with Gasteiger partial charge in [-0.3, -0.25) is 0 Å². The zero-order chi connectivity index (χ0) is 4.91. The third-order valence-corrected chi connectivity index (χ3v) is 1.85. The zero-order valence-electron chi connectivity index (χ0n) is 3.81. The van der Waals surface area contributed by atoms with Crippen LogP contribution in [0.2, 0.25) is 0 Å². The molecule has 0 aromatic rings. The molecule has 0 atom stereocenters. The minimum atomic E-state index is 0.0434. The van der Waals surface area contributed by atoms with Crippen LogP contribution in [0.3, 0.4) is 0 Å². The monoisotopic (exact) mass is 97.0 g/mol. The van der Waals surface area contributed by atoms with E-state index < -0.39 is 0 Å². The molecule has 2 fully saturated rings. The Morgan fingerprint density at radius 1 is 1.71 bits per heavy atom. The van der Waals surface area contributed by atoms with Gasteiger partial charge in [-0.15, -0.1) is 0 Å². The van der Waals surface area contributed by atoms with Crippen molar-refractivity contribution in [1.29, 1.82) is 0 Å². The molecule has 2 heteroatoms. The summed E-state index contributed by atoms with van der Waals surface area (Å²) in [4.78, 5) is 9.54. The Labute approximate surface area is 41.5 Å². The summed E-state index contributed by atoms with van der Waals surface area (Å²) < 4.78 is 4.61. The highest BCUT2D eigenvalue weighted by atomic mass is 16.6. The minimum Gasteiger partial charge on any atom is -0.450 e. The van der Waals surface area contributed by atoms with Gasteiger partial charge in [0.25, 0.3) is 0 Å². The molecule has 0 N–H and O–H groups in total. The molecule has 2 nitrogen and oxygen atoms in total. The second-order valence-corrected chi connectivity index (χ2v) is 2.36. The summed E-state index contributed by atoms with van der Waals surface area (Å²) in [5.74, 6) is 0.731. The number of rotatable bonds is 2. The SMILES string of the molecule is O=[C]OC12CC1C2. The van der Waals surface area contributed by atoms with Crippen LogP contribution in [0.15, 0.2) is 0 Å². The van der Waals surface area contributed by atoms with E-state index in [0.29, 0.717) is 0 Å². The molecule has 0 aliphatic heterocycles. The molecule has 2 saturated carbocycles. The maximum Gasteiger partial charge on any atom is 0.418 e. The molecule has 2 aliphatic carbocycles. The molecule has 0 saturated heterocycles. The molecule has 0 amide bonds. The lowest BCUT2D eigenvalue weighted by Gasteiger charge is -1.93. The van der Waals surface area contributed by atoms with Gasteiger partial charge in [0.1, 0.15) is 5.60 Å². The molecule has 0 heterocycles. The fourth-order valence-corrected chi connectivity index (χ4v) is 0.906. The smallest absolute Gasteiger partial charge is 0.418 e. The van der Waals surface area contributed by atoms with Gasteiger partial charge in [0, 0.05) is 5.92 Å². The predicted molar refractivity (Wildman–Crippen MR) is 22.2 cm³/mol. The summed E-state index contributed by atoms with van der Waals surface area (Å²) in [6.45, 7) is 1.46. The third kappa shape index (κ3) is 0.275. The Kier molecular flexibility index (Phi) is 0.348. The van der Waals surface area contributed by atoms with Crippen molar-refractivity contribution in [3.8, 4) is 0 Å². The Balaban J connectivity index is 1.97. The van der Waals surface area contributed by atoms with E-state index in [9.17, 15) is 4.79 Å². The summed E-state index contributed by atoms with van der Waals surface area (Å²) in [6, 6.07) is 0. The maximum atomic E-state index is 9.54. The first-order valence-electron chi connectivity index (χ1n) is 2.42. The van der Waals surface area contributed by atoms with Crippen molar-refractivity contribution in [3.63, 3.8) is 0 Å². The predicted octanol–water partition coefficient (Wildman–Crippen LogP) is 0.233. The average Bonchev–Trinajstić information content (AvgIpc) is 2.22. The molecule has 7 heavy (non-hydrogen) atoms. The number of ether oxygens (including phenoxy) is 1. The first kappa shape index (κ1) is 3.47. The molecule has 2 rings (SSSR count). The van der Waals surface area contributed by atoms with Crippen LogP contribution in [0.4, 0.5) is 0 Å². The number of fused-ring (bicyclic) bond motifs is 1. The topological polar surface area (TPSA) is 26.3 Å². The lowest BCUT2D eigenvalue weighted by molar-refractivity contribution is 0.210. The second-order valence-electron chi connectivity index (χ2n) is 2.36. The molecular weight excluding hydrogens is 92.1 g/mol. The van der Waals surface area contributed by atoms with Crippen molar-refractivity contribution in [2.24, 2.45) is 5.92 Å². The van der Waals surface area contributed by atoms with Gasteiger partial charge in [-0.25, -0.2) is 4.79 Å². The first-order chi connectivity index (χ1) is 3.37. The Morgan fingerprint density at radius 3 is 2.43 bits per heavy atom. The summed E-state index contributed by atoms with van der Waals surface area (Å²) in [5, 5.41) is 0. The van der Waals surface area contributed by atoms with Crippen LogP contribution in [0.1, 0.15) is 12.8 Å². The number of hydrogen-bond acceptors (Lipinski definition) is 2. The fraction of sp³-hybridized carbons (Fsp3) is 0.800. The van der Waals surface area contributed by atoms with Gasteiger partial charge < -0.3 is 4.74 Å². The molecule has 0 spiro atoms. The van der Waals surface area contributed by atoms with Crippen molar-refractivity contribution in [2.45, 2.75) is 18.4 Å². The summed E-state index contributed by atoms with van der Waals surface area (Å²) in [5.41, 5.74) is 0.0434. The summed E-state index contributed by atoms with van der Waals surface area (Å²) >= 11 is 0. The van der Waals surface area contributed by atoms with E-state index in [4.69, 9.17) is 0 Å². The van der Waals surface area contributed by atoms with Crippen LogP contribution in [-0.4, -0.2) is 12.1 Å². The van der Waals surface area contributed by atoms with Gasteiger partial charge in [-0.2, -0.15) is 0 Å². The third-order valence-electron chi connectivity index (χ3n) is 1.85. The van der Waals surface area contributed by atoms with Crippen LogP contribution in [-0.2, 0) is 9.53 Å². The van der Waals surface area contributed by atoms with Gasteiger partial charge in [-0.05, 0) is 12.8 Å². The molecule has 0 aromatic heterocycles. The van der Waals surface area contributed by atoms with E-state index in [1.807, 2.05) is 0 Å². The van der Waals surface area contributed by atoms with Gasteiger partial charge in [0.05, 0.1) is 0 Å². The lowest BCUT2D eigenvalue weighted by atomic mass is 10.4. The van der Waals surface area contributed by atoms with E-state index in [1.165, 1.54) is 6.47 Å². The molecular formula is C5H5O2. The molecule has 0 bridgehead atoms. The largest absolute Gasteiger partial charge is 0.450 e. The van der Waals surface area contributed by atoms with E-state index in [1.54, 1.807) is 0 Å². The van der Waals surface area contributed by atoms with Crippen LogP contribution >= 0.6 is 0 Å². The van der Waals surface area contributed by atoms with E-state index in [0.717, 1.165) is 18.8 Å². The standard InChI is InChI=1S/C5H5O2/c6-3-7-5-1-4(5)2-5/h4H,1-2H2. The average molecular weight is 97.1 g/mol. The van der Waals surface area contributed by atoms with Gasteiger partial charge in [-0.1, -0.05) is 0 Å². The molecule has 37 valence electrons. The number of carbonyl (C=O) groups excluding carboxylic acids is 1. The fourth-order valence-electron chi connectivity index (χ4n) is 0.906. The van der Waals surface area contributed by atoms with Crippen LogP contribution < -0.4 is 0 Å². The van der Waals surface area contributed by atoms with Crippen molar-refractivity contribution in [1.82, 2.24) is 0 Å². The summed E-state index contributed by atoms with van der Waals surface area (Å²) in [6.07, 6.45) is 2.20. The molecule has 2 aliphatic rings. The Morgan fingerprint density at radius 2 is 2.29 bits per heavy atom. The van der Waals surface area contributed by atoms with Crippen LogP contribution in [0, 0.1) is 5.92 Å². The summed E-state index contributed by atoms with van der Waals surface area (Å²) in [7, 11) is 0. The lowest BCUT2D eigenvalue weighted by Crippen LogP contribution is -1.98. The Hall–Kier alpha value is -0.530. The van der Waals surface area contributed by atoms with E-state index in [-0.39, 0.29) is 5.60 Å². The van der Waals surface area contributed by atoms with Crippen molar-refractivity contribution < 1.29 is 9.53 Å².